The lowest BCUT2D eigenvalue weighted by Gasteiger charge is -2.30. The van der Waals surface area contributed by atoms with Crippen LogP contribution >= 0.6 is 0 Å². The van der Waals surface area contributed by atoms with Gasteiger partial charge in [0.05, 0.1) is 0 Å². The molecule has 5 aromatic carbocycles. The van der Waals surface area contributed by atoms with Crippen LogP contribution in [0.5, 0.6) is 11.5 Å². The van der Waals surface area contributed by atoms with Crippen molar-refractivity contribution in [1.82, 2.24) is 0 Å². The smallest absolute Gasteiger partial charge is 0.122 e. The minimum Gasteiger partial charge on any atom is -0.508 e. The summed E-state index contributed by atoms with van der Waals surface area (Å²) < 4.78 is 0. The fourth-order valence-corrected chi connectivity index (χ4v) is 5.79. The molecule has 1 atom stereocenters. The number of benzene rings is 5. The number of hydrogen-bond acceptors (Lipinski definition) is 2. The Balaban J connectivity index is 1.44. The van der Waals surface area contributed by atoms with Crippen LogP contribution in [0.3, 0.4) is 0 Å². The largest absolute Gasteiger partial charge is 0.508 e. The van der Waals surface area contributed by atoms with Gasteiger partial charge in [-0.15, -0.1) is 0 Å². The van der Waals surface area contributed by atoms with Crippen molar-refractivity contribution >= 4 is 0 Å². The normalized spacial score (nSPS) is 12.7. The van der Waals surface area contributed by atoms with Gasteiger partial charge in [-0.3, -0.25) is 0 Å². The van der Waals surface area contributed by atoms with E-state index in [0.29, 0.717) is 5.75 Å². The summed E-state index contributed by atoms with van der Waals surface area (Å²) in [6.45, 7) is 13.1. The average molecular weight is 541 g/mol. The van der Waals surface area contributed by atoms with E-state index in [-0.39, 0.29) is 22.5 Å². The first-order chi connectivity index (χ1) is 19.5. The highest BCUT2D eigenvalue weighted by Gasteiger charge is 2.28. The van der Waals surface area contributed by atoms with Crippen molar-refractivity contribution < 1.29 is 10.2 Å². The zero-order valence-corrected chi connectivity index (χ0v) is 24.9. The Morgan fingerprint density at radius 1 is 0.537 bits per heavy atom. The Labute approximate surface area is 245 Å². The van der Waals surface area contributed by atoms with Gasteiger partial charge in [0.2, 0.25) is 0 Å². The van der Waals surface area contributed by atoms with Gasteiger partial charge < -0.3 is 10.2 Å². The van der Waals surface area contributed by atoms with Crippen LogP contribution in [0.15, 0.2) is 115 Å². The van der Waals surface area contributed by atoms with Gasteiger partial charge in [0.1, 0.15) is 11.5 Å². The van der Waals surface area contributed by atoms with Crippen LogP contribution in [0.25, 0.3) is 11.1 Å². The van der Waals surface area contributed by atoms with Gasteiger partial charge in [-0.05, 0) is 63.6 Å². The Bertz CT molecular complexity index is 1630. The first-order valence-corrected chi connectivity index (χ1v) is 14.4. The molecule has 41 heavy (non-hydrogen) atoms. The Kier molecular flexibility index (Phi) is 7.53. The van der Waals surface area contributed by atoms with Crippen LogP contribution in [0.4, 0.5) is 0 Å². The summed E-state index contributed by atoms with van der Waals surface area (Å²) in [5.41, 5.74) is 9.74. The van der Waals surface area contributed by atoms with Gasteiger partial charge in [0.25, 0.3) is 0 Å². The molecule has 0 saturated carbocycles. The molecule has 0 radical (unpaired) electrons. The maximum atomic E-state index is 11.2. The quantitative estimate of drug-likeness (QED) is 0.216. The monoisotopic (exact) mass is 540 g/mol. The molecule has 2 N–H and O–H groups in total. The van der Waals surface area contributed by atoms with E-state index < -0.39 is 0 Å². The van der Waals surface area contributed by atoms with Crippen molar-refractivity contribution in [2.75, 3.05) is 0 Å². The third kappa shape index (κ3) is 5.52. The molecule has 0 aliphatic rings. The Hall–Kier alpha value is -4.30. The molecule has 0 bridgehead atoms. The highest BCUT2D eigenvalue weighted by molar-refractivity contribution is 5.64. The molecule has 5 rings (SSSR count). The summed E-state index contributed by atoms with van der Waals surface area (Å²) in [5, 5.41) is 20.9. The molecule has 0 saturated heterocycles. The lowest BCUT2D eigenvalue weighted by molar-refractivity contribution is 0.460. The molecule has 0 heterocycles. The van der Waals surface area contributed by atoms with Crippen molar-refractivity contribution in [3.8, 4) is 22.6 Å². The van der Waals surface area contributed by atoms with Crippen molar-refractivity contribution in [2.24, 2.45) is 0 Å². The number of aryl methyl sites for hydroxylation is 1. The standard InChI is InChI=1S/C39H40O2/c1-26-24-34(25-36(37(26)41)27(2)28-12-14-30(15-13-28)29-10-8-7-9-11-29)39(5,6)32-18-16-31(17-19-32)38(3,4)33-20-22-35(40)23-21-33/h7-25,27,40-41H,1-6H3. The number of phenols is 2. The van der Waals surface area contributed by atoms with E-state index >= 15 is 0 Å². The summed E-state index contributed by atoms with van der Waals surface area (Å²) in [7, 11) is 0. The summed E-state index contributed by atoms with van der Waals surface area (Å²) in [5.74, 6) is 0.696. The molecule has 2 heteroatoms. The van der Waals surface area contributed by atoms with Crippen LogP contribution < -0.4 is 0 Å². The molecule has 1 unspecified atom stereocenters. The van der Waals surface area contributed by atoms with E-state index in [0.717, 1.165) is 16.7 Å². The second-order valence-electron chi connectivity index (χ2n) is 12.3. The zero-order chi connectivity index (χ0) is 29.4. The number of hydrogen-bond donors (Lipinski definition) is 2. The van der Waals surface area contributed by atoms with Gasteiger partial charge >= 0.3 is 0 Å². The van der Waals surface area contributed by atoms with Crippen LogP contribution in [0.2, 0.25) is 0 Å². The van der Waals surface area contributed by atoms with Crippen molar-refractivity contribution in [1.29, 1.82) is 0 Å². The molecule has 0 amide bonds. The molecule has 2 nitrogen and oxygen atoms in total. The Morgan fingerprint density at radius 2 is 1.00 bits per heavy atom. The maximum absolute atomic E-state index is 11.2. The fraction of sp³-hybridized carbons (Fsp3) is 0.231. The predicted octanol–water partition coefficient (Wildman–Crippen LogP) is 9.88. The molecule has 208 valence electrons. The van der Waals surface area contributed by atoms with E-state index in [1.165, 1.54) is 33.4 Å². The minimum absolute atomic E-state index is 0.0442. The second-order valence-corrected chi connectivity index (χ2v) is 12.3. The van der Waals surface area contributed by atoms with E-state index in [9.17, 15) is 10.2 Å². The predicted molar refractivity (Wildman–Crippen MR) is 171 cm³/mol. The highest BCUT2D eigenvalue weighted by Crippen LogP contribution is 2.41. The molecule has 0 aliphatic carbocycles. The number of phenolic OH excluding ortho intramolecular Hbond substituents is 2. The lowest BCUT2D eigenvalue weighted by Crippen LogP contribution is -2.22. The molecule has 0 aliphatic heterocycles. The molecule has 5 aromatic rings. The van der Waals surface area contributed by atoms with Crippen LogP contribution in [-0.2, 0) is 10.8 Å². The van der Waals surface area contributed by atoms with Gasteiger partial charge in [0.15, 0.2) is 0 Å². The van der Waals surface area contributed by atoms with E-state index in [2.05, 4.69) is 120 Å². The number of aromatic hydroxyl groups is 2. The van der Waals surface area contributed by atoms with Crippen molar-refractivity contribution in [3.05, 3.63) is 154 Å². The van der Waals surface area contributed by atoms with E-state index in [4.69, 9.17) is 0 Å². The van der Waals surface area contributed by atoms with Crippen LogP contribution in [0.1, 0.15) is 79.5 Å². The number of rotatable bonds is 7. The van der Waals surface area contributed by atoms with E-state index in [1.807, 2.05) is 25.1 Å². The minimum atomic E-state index is -0.259. The van der Waals surface area contributed by atoms with Crippen LogP contribution in [0, 0.1) is 6.92 Å². The third-order valence-corrected chi connectivity index (χ3v) is 8.95. The third-order valence-electron chi connectivity index (χ3n) is 8.95. The molecule has 0 aromatic heterocycles. The summed E-state index contributed by atoms with van der Waals surface area (Å²) in [6.07, 6.45) is 0. The maximum Gasteiger partial charge on any atom is 0.122 e. The van der Waals surface area contributed by atoms with Gasteiger partial charge in [0, 0.05) is 22.3 Å². The first kappa shape index (κ1) is 28.2. The first-order valence-electron chi connectivity index (χ1n) is 14.4. The van der Waals surface area contributed by atoms with Gasteiger partial charge in [-0.2, -0.15) is 0 Å². The van der Waals surface area contributed by atoms with Gasteiger partial charge in [-0.1, -0.05) is 138 Å². The molecular weight excluding hydrogens is 500 g/mol. The summed E-state index contributed by atoms with van der Waals surface area (Å²) in [4.78, 5) is 0. The lowest BCUT2D eigenvalue weighted by atomic mass is 9.73. The van der Waals surface area contributed by atoms with E-state index in [1.54, 1.807) is 12.1 Å². The summed E-state index contributed by atoms with van der Waals surface area (Å²) in [6, 6.07) is 39.8. The van der Waals surface area contributed by atoms with Gasteiger partial charge in [-0.25, -0.2) is 0 Å². The highest BCUT2D eigenvalue weighted by atomic mass is 16.3. The summed E-state index contributed by atoms with van der Waals surface area (Å²) >= 11 is 0. The fourth-order valence-electron chi connectivity index (χ4n) is 5.79. The molecule has 0 fully saturated rings. The molecular formula is C39H40O2. The average Bonchev–Trinajstić information content (AvgIpc) is 2.99. The van der Waals surface area contributed by atoms with Crippen LogP contribution in [-0.4, -0.2) is 10.2 Å². The Morgan fingerprint density at radius 3 is 1.54 bits per heavy atom. The molecule has 0 spiro atoms. The zero-order valence-electron chi connectivity index (χ0n) is 24.9. The topological polar surface area (TPSA) is 40.5 Å². The van der Waals surface area contributed by atoms with Crippen molar-refractivity contribution in [3.63, 3.8) is 0 Å². The van der Waals surface area contributed by atoms with Crippen molar-refractivity contribution in [2.45, 2.75) is 58.3 Å². The SMILES string of the molecule is Cc1cc(C(C)(C)c2ccc(C(C)(C)c3ccc(O)cc3)cc2)cc(C(C)c2ccc(-c3ccccc3)cc2)c1O. The second kappa shape index (κ2) is 10.9.